The molecule has 0 spiro atoms. The first-order chi connectivity index (χ1) is 23.7. The molecule has 48 heavy (non-hydrogen) atoms. The van der Waals surface area contributed by atoms with Crippen molar-refractivity contribution < 1.29 is 4.57 Å². The first-order valence-corrected chi connectivity index (χ1v) is 20.8. The Bertz CT molecular complexity index is 1140. The molecule has 1 heterocycles. The average Bonchev–Trinajstić information content (AvgIpc) is 3.58. The van der Waals surface area contributed by atoms with Crippen LogP contribution in [0.3, 0.4) is 0 Å². The fourth-order valence-electron chi connectivity index (χ4n) is 7.91. The van der Waals surface area contributed by atoms with Crippen molar-refractivity contribution in [1.29, 1.82) is 0 Å². The van der Waals surface area contributed by atoms with Gasteiger partial charge in [-0.2, -0.15) is 0 Å². The Labute approximate surface area is 298 Å². The highest BCUT2D eigenvalue weighted by atomic mass is 15.1. The minimum atomic E-state index is 0.00915. The van der Waals surface area contributed by atoms with Crippen LogP contribution in [-0.4, -0.2) is 4.57 Å². The Morgan fingerprint density at radius 3 is 1.48 bits per heavy atom. The number of nitrogens with zero attached hydrogens (tertiary/aromatic N) is 2. The topological polar surface area (TPSA) is 8.81 Å². The standard InChI is InChI=1S/C46H75N2/c1-4-6-8-10-12-14-15-16-17-18-19-20-22-24-32-38-47-39-40-48(42-47)45(37-31-23-21-13-11-9-7-5-2)46(3,44-35-29-26-30-36-44)41-43-33-27-25-28-34-43/h25-30,33-36,39-40,42,45H,4-24,31-32,37-38,41H2,1-3H3/q+1. The third-order valence-electron chi connectivity index (χ3n) is 11.0. The molecule has 1 aromatic heterocycles. The van der Waals surface area contributed by atoms with Crippen LogP contribution in [0.4, 0.5) is 0 Å². The minimum Gasteiger partial charge on any atom is -0.237 e. The highest BCUT2D eigenvalue weighted by Gasteiger charge is 2.40. The second-order valence-electron chi connectivity index (χ2n) is 15.3. The Kier molecular flexibility index (Phi) is 21.4. The molecule has 3 rings (SSSR count). The van der Waals surface area contributed by atoms with Gasteiger partial charge in [0.1, 0.15) is 18.4 Å². The lowest BCUT2D eigenvalue weighted by atomic mass is 9.70. The molecule has 3 aromatic rings. The molecular formula is C46H75N2+. The monoisotopic (exact) mass is 656 g/mol. The number of hydrogen-bond acceptors (Lipinski definition) is 0. The molecule has 2 nitrogen and oxygen atoms in total. The lowest BCUT2D eigenvalue weighted by molar-refractivity contribution is -0.697. The minimum absolute atomic E-state index is 0.00915. The number of rotatable bonds is 30. The zero-order chi connectivity index (χ0) is 34.0. The molecule has 0 amide bonds. The van der Waals surface area contributed by atoms with Crippen molar-refractivity contribution in [2.45, 2.75) is 199 Å². The zero-order valence-corrected chi connectivity index (χ0v) is 31.9. The maximum atomic E-state index is 2.59. The molecular weight excluding hydrogens is 581 g/mol. The van der Waals surface area contributed by atoms with E-state index in [1.54, 1.807) is 0 Å². The van der Waals surface area contributed by atoms with Gasteiger partial charge in [-0.25, -0.2) is 9.13 Å². The van der Waals surface area contributed by atoms with Gasteiger partial charge in [0.15, 0.2) is 0 Å². The van der Waals surface area contributed by atoms with Gasteiger partial charge in [0.05, 0.1) is 6.54 Å². The summed E-state index contributed by atoms with van der Waals surface area (Å²) in [7, 11) is 0. The highest BCUT2D eigenvalue weighted by molar-refractivity contribution is 5.30. The SMILES string of the molecule is CCCCCCCCCCCCCCCCC[n+]1ccn(C(CCCCCCCCCC)C(C)(Cc2ccccc2)c2ccccc2)c1. The molecule has 2 unspecified atom stereocenters. The molecule has 0 fully saturated rings. The second-order valence-corrected chi connectivity index (χ2v) is 15.3. The van der Waals surface area contributed by atoms with Crippen molar-refractivity contribution >= 4 is 0 Å². The van der Waals surface area contributed by atoms with Crippen LogP contribution in [0.25, 0.3) is 0 Å². The van der Waals surface area contributed by atoms with Gasteiger partial charge in [0, 0.05) is 5.41 Å². The van der Waals surface area contributed by atoms with E-state index in [0.29, 0.717) is 6.04 Å². The van der Waals surface area contributed by atoms with E-state index in [0.717, 1.165) is 13.0 Å². The van der Waals surface area contributed by atoms with Crippen LogP contribution in [0.15, 0.2) is 79.4 Å². The lowest BCUT2D eigenvalue weighted by Gasteiger charge is -2.37. The van der Waals surface area contributed by atoms with Gasteiger partial charge in [-0.05, 0) is 43.2 Å². The van der Waals surface area contributed by atoms with Gasteiger partial charge in [-0.1, -0.05) is 210 Å². The van der Waals surface area contributed by atoms with Crippen LogP contribution in [-0.2, 0) is 18.4 Å². The van der Waals surface area contributed by atoms with E-state index >= 15 is 0 Å². The van der Waals surface area contributed by atoms with Crippen molar-refractivity contribution in [3.8, 4) is 0 Å². The van der Waals surface area contributed by atoms with E-state index in [4.69, 9.17) is 0 Å². The van der Waals surface area contributed by atoms with E-state index in [2.05, 4.69) is 109 Å². The molecule has 2 heteroatoms. The number of aryl methyl sites for hydroxylation is 1. The maximum absolute atomic E-state index is 2.59. The molecule has 0 aliphatic rings. The Balaban J connectivity index is 1.50. The second kappa shape index (κ2) is 25.6. The van der Waals surface area contributed by atoms with E-state index in [9.17, 15) is 0 Å². The van der Waals surface area contributed by atoms with Crippen molar-refractivity contribution in [2.24, 2.45) is 0 Å². The van der Waals surface area contributed by atoms with Crippen LogP contribution in [0.2, 0.25) is 0 Å². The first kappa shape index (κ1) is 40.1. The zero-order valence-electron chi connectivity index (χ0n) is 31.9. The van der Waals surface area contributed by atoms with Crippen LogP contribution in [0, 0.1) is 0 Å². The fourth-order valence-corrected chi connectivity index (χ4v) is 7.91. The molecule has 0 aliphatic heterocycles. The summed E-state index contributed by atoms with van der Waals surface area (Å²) in [5.41, 5.74) is 2.90. The Morgan fingerprint density at radius 2 is 0.979 bits per heavy atom. The summed E-state index contributed by atoms with van der Waals surface area (Å²) in [6.07, 6.45) is 41.7. The van der Waals surface area contributed by atoms with Crippen LogP contribution in [0.1, 0.15) is 192 Å². The molecule has 0 saturated heterocycles. The maximum Gasteiger partial charge on any atom is 0.244 e. The summed E-state index contributed by atoms with van der Waals surface area (Å²) in [5.74, 6) is 0. The Morgan fingerprint density at radius 1 is 0.542 bits per heavy atom. The normalized spacial score (nSPS) is 13.5. The predicted octanol–water partition coefficient (Wildman–Crippen LogP) is 13.9. The predicted molar refractivity (Wildman–Crippen MR) is 210 cm³/mol. The number of benzene rings is 2. The molecule has 268 valence electrons. The fraction of sp³-hybridized carbons (Fsp3) is 0.674. The number of hydrogen-bond donors (Lipinski definition) is 0. The summed E-state index contributed by atoms with van der Waals surface area (Å²) in [4.78, 5) is 0. The van der Waals surface area contributed by atoms with E-state index in [1.807, 2.05) is 0 Å². The van der Waals surface area contributed by atoms with E-state index in [-0.39, 0.29) is 5.41 Å². The van der Waals surface area contributed by atoms with Gasteiger partial charge in [0.25, 0.3) is 0 Å². The third-order valence-corrected chi connectivity index (χ3v) is 11.0. The van der Waals surface area contributed by atoms with Crippen molar-refractivity contribution in [2.75, 3.05) is 0 Å². The summed E-state index contributed by atoms with van der Waals surface area (Å²) in [6.45, 7) is 8.28. The quantitative estimate of drug-likeness (QED) is 0.0499. The smallest absolute Gasteiger partial charge is 0.237 e. The average molecular weight is 656 g/mol. The largest absolute Gasteiger partial charge is 0.244 e. The van der Waals surface area contributed by atoms with Gasteiger partial charge in [0.2, 0.25) is 6.33 Å². The molecule has 0 radical (unpaired) electrons. The highest BCUT2D eigenvalue weighted by Crippen LogP contribution is 2.41. The molecule has 0 saturated carbocycles. The molecule has 0 aliphatic carbocycles. The van der Waals surface area contributed by atoms with E-state index < -0.39 is 0 Å². The van der Waals surface area contributed by atoms with Crippen molar-refractivity contribution in [3.63, 3.8) is 0 Å². The van der Waals surface area contributed by atoms with Crippen molar-refractivity contribution in [3.05, 3.63) is 90.5 Å². The van der Waals surface area contributed by atoms with Crippen LogP contribution >= 0.6 is 0 Å². The van der Waals surface area contributed by atoms with E-state index in [1.165, 1.54) is 165 Å². The number of aromatic nitrogens is 2. The summed E-state index contributed by atoms with van der Waals surface area (Å²) >= 11 is 0. The number of unbranched alkanes of at least 4 members (excludes halogenated alkanes) is 21. The molecule has 2 atom stereocenters. The third kappa shape index (κ3) is 15.9. The van der Waals surface area contributed by atoms with Crippen molar-refractivity contribution in [1.82, 2.24) is 4.57 Å². The molecule has 0 bridgehead atoms. The molecule has 2 aromatic carbocycles. The summed E-state index contributed by atoms with van der Waals surface area (Å²) in [5, 5.41) is 0. The van der Waals surface area contributed by atoms with Gasteiger partial charge >= 0.3 is 0 Å². The van der Waals surface area contributed by atoms with Gasteiger partial charge in [-0.3, -0.25) is 0 Å². The summed E-state index contributed by atoms with van der Waals surface area (Å²) in [6, 6.07) is 23.0. The van der Waals surface area contributed by atoms with Crippen LogP contribution in [0.5, 0.6) is 0 Å². The van der Waals surface area contributed by atoms with Crippen LogP contribution < -0.4 is 4.57 Å². The van der Waals surface area contributed by atoms with Gasteiger partial charge in [-0.15, -0.1) is 0 Å². The lowest BCUT2D eigenvalue weighted by Crippen LogP contribution is -2.38. The molecule has 0 N–H and O–H groups in total. The van der Waals surface area contributed by atoms with Gasteiger partial charge < -0.3 is 0 Å². The first-order valence-electron chi connectivity index (χ1n) is 20.8. The Hall–Kier alpha value is -2.35. The summed E-state index contributed by atoms with van der Waals surface area (Å²) < 4.78 is 5.05. The number of imidazole rings is 1.